The van der Waals surface area contributed by atoms with Crippen molar-refractivity contribution in [3.63, 3.8) is 0 Å². The van der Waals surface area contributed by atoms with Crippen molar-refractivity contribution >= 4 is 17.6 Å². The summed E-state index contributed by atoms with van der Waals surface area (Å²) in [6.45, 7) is 4.42. The highest BCUT2D eigenvalue weighted by molar-refractivity contribution is 5.54. The van der Waals surface area contributed by atoms with E-state index in [0.29, 0.717) is 0 Å². The van der Waals surface area contributed by atoms with Crippen LogP contribution in [0.1, 0.15) is 5.56 Å². The van der Waals surface area contributed by atoms with Gasteiger partial charge in [-0.3, -0.25) is 0 Å². The Labute approximate surface area is 108 Å². The molecule has 0 aliphatic heterocycles. The zero-order valence-electron chi connectivity index (χ0n) is 10.8. The summed E-state index contributed by atoms with van der Waals surface area (Å²) in [6.07, 6.45) is 5.46. The topological polar surface area (TPSA) is 33.1 Å². The highest BCUT2D eigenvalue weighted by atomic mass is 15.2. The Morgan fingerprint density at radius 2 is 2.06 bits per heavy atom. The lowest BCUT2D eigenvalue weighted by Gasteiger charge is -2.13. The minimum absolute atomic E-state index is 0.759. The minimum Gasteiger partial charge on any atom is -0.381 e. The molecule has 0 aliphatic carbocycles. The third kappa shape index (κ3) is 2.91. The Bertz CT molecular complexity index is 511. The van der Waals surface area contributed by atoms with E-state index in [1.807, 2.05) is 26.5 Å². The molecule has 0 unspecified atom stereocenters. The summed E-state index contributed by atoms with van der Waals surface area (Å²) in [5.74, 6) is 0. The summed E-state index contributed by atoms with van der Waals surface area (Å²) in [7, 11) is 4.07. The molecule has 2 rings (SSSR count). The normalized spacial score (nSPS) is 10.1. The van der Waals surface area contributed by atoms with Crippen molar-refractivity contribution in [3.8, 4) is 0 Å². The number of rotatable bonds is 5. The van der Waals surface area contributed by atoms with Crippen LogP contribution >= 0.6 is 0 Å². The molecule has 0 radical (unpaired) electrons. The SMILES string of the molecule is C=Cn1cc(CNc2ccc(N(C)C)cc2)cn1. The zero-order chi connectivity index (χ0) is 13.0. The lowest BCUT2D eigenvalue weighted by molar-refractivity contribution is 0.936. The van der Waals surface area contributed by atoms with Crippen molar-refractivity contribution in [3.05, 3.63) is 48.8 Å². The third-order valence-corrected chi connectivity index (χ3v) is 2.72. The van der Waals surface area contributed by atoms with E-state index in [1.54, 1.807) is 10.9 Å². The van der Waals surface area contributed by atoms with Crippen LogP contribution in [0.4, 0.5) is 11.4 Å². The summed E-state index contributed by atoms with van der Waals surface area (Å²) in [5.41, 5.74) is 3.43. The molecule has 0 saturated heterocycles. The van der Waals surface area contributed by atoms with E-state index in [9.17, 15) is 0 Å². The average molecular weight is 242 g/mol. The highest BCUT2D eigenvalue weighted by Gasteiger charge is 1.98. The van der Waals surface area contributed by atoms with Crippen molar-refractivity contribution in [2.24, 2.45) is 0 Å². The van der Waals surface area contributed by atoms with Crippen LogP contribution in [0.2, 0.25) is 0 Å². The van der Waals surface area contributed by atoms with Gasteiger partial charge in [-0.15, -0.1) is 0 Å². The summed E-state index contributed by atoms with van der Waals surface area (Å²) in [5, 5.41) is 7.49. The Morgan fingerprint density at radius 1 is 1.33 bits per heavy atom. The highest BCUT2D eigenvalue weighted by Crippen LogP contribution is 2.16. The van der Waals surface area contributed by atoms with Crippen LogP contribution in [-0.2, 0) is 6.54 Å². The second kappa shape index (κ2) is 5.40. The maximum absolute atomic E-state index is 4.14. The van der Waals surface area contributed by atoms with Crippen LogP contribution in [-0.4, -0.2) is 23.9 Å². The number of nitrogens with zero attached hydrogens (tertiary/aromatic N) is 3. The van der Waals surface area contributed by atoms with Crippen molar-refractivity contribution in [1.29, 1.82) is 0 Å². The van der Waals surface area contributed by atoms with Gasteiger partial charge >= 0.3 is 0 Å². The van der Waals surface area contributed by atoms with Gasteiger partial charge in [0.2, 0.25) is 0 Å². The van der Waals surface area contributed by atoms with E-state index in [0.717, 1.165) is 17.8 Å². The van der Waals surface area contributed by atoms with Crippen LogP contribution in [0.15, 0.2) is 43.2 Å². The third-order valence-electron chi connectivity index (χ3n) is 2.72. The van der Waals surface area contributed by atoms with Crippen molar-refractivity contribution < 1.29 is 0 Å². The summed E-state index contributed by atoms with van der Waals surface area (Å²) >= 11 is 0. The number of benzene rings is 1. The largest absolute Gasteiger partial charge is 0.381 e. The van der Waals surface area contributed by atoms with Gasteiger partial charge < -0.3 is 10.2 Å². The minimum atomic E-state index is 0.759. The maximum Gasteiger partial charge on any atom is 0.0543 e. The fourth-order valence-electron chi connectivity index (χ4n) is 1.65. The molecule has 0 amide bonds. The number of hydrogen-bond acceptors (Lipinski definition) is 3. The van der Waals surface area contributed by atoms with Gasteiger partial charge in [0.25, 0.3) is 0 Å². The summed E-state index contributed by atoms with van der Waals surface area (Å²) in [6, 6.07) is 8.34. The first-order chi connectivity index (χ1) is 8.69. The number of hydrogen-bond donors (Lipinski definition) is 1. The van der Waals surface area contributed by atoms with Gasteiger partial charge in [-0.05, 0) is 24.3 Å². The Balaban J connectivity index is 1.95. The van der Waals surface area contributed by atoms with Crippen LogP contribution in [0.3, 0.4) is 0 Å². The monoisotopic (exact) mass is 242 g/mol. The first kappa shape index (κ1) is 12.2. The van der Waals surface area contributed by atoms with Crippen molar-refractivity contribution in [1.82, 2.24) is 9.78 Å². The molecule has 18 heavy (non-hydrogen) atoms. The predicted octanol–water partition coefficient (Wildman–Crippen LogP) is 2.66. The predicted molar refractivity (Wildman–Crippen MR) is 76.7 cm³/mol. The number of nitrogens with one attached hydrogen (secondary N) is 1. The number of anilines is 2. The van der Waals surface area contributed by atoms with Crippen LogP contribution < -0.4 is 10.2 Å². The molecule has 0 saturated carbocycles. The Kier molecular flexibility index (Phi) is 3.67. The molecule has 4 nitrogen and oxygen atoms in total. The molecule has 2 aromatic rings. The van der Waals surface area contributed by atoms with E-state index < -0.39 is 0 Å². The molecular weight excluding hydrogens is 224 g/mol. The van der Waals surface area contributed by atoms with E-state index in [-0.39, 0.29) is 0 Å². The molecule has 0 spiro atoms. The molecule has 0 bridgehead atoms. The molecule has 4 heteroatoms. The maximum atomic E-state index is 4.14. The molecule has 94 valence electrons. The van der Waals surface area contributed by atoms with Gasteiger partial charge in [-0.25, -0.2) is 4.68 Å². The lowest BCUT2D eigenvalue weighted by Crippen LogP contribution is -2.08. The smallest absolute Gasteiger partial charge is 0.0543 e. The first-order valence-electron chi connectivity index (χ1n) is 5.86. The second-order valence-electron chi connectivity index (χ2n) is 4.31. The molecular formula is C14H18N4. The van der Waals surface area contributed by atoms with Gasteiger partial charge in [0.15, 0.2) is 0 Å². The molecule has 0 atom stereocenters. The van der Waals surface area contributed by atoms with Crippen molar-refractivity contribution in [2.75, 3.05) is 24.3 Å². The molecule has 0 fully saturated rings. The van der Waals surface area contributed by atoms with E-state index in [1.165, 1.54) is 5.69 Å². The second-order valence-corrected chi connectivity index (χ2v) is 4.31. The Hall–Kier alpha value is -2.23. The van der Waals surface area contributed by atoms with Crippen molar-refractivity contribution in [2.45, 2.75) is 6.54 Å². The van der Waals surface area contributed by atoms with Gasteiger partial charge in [-0.1, -0.05) is 6.58 Å². The standard InChI is InChI=1S/C14H18N4/c1-4-18-11-12(10-16-18)9-15-13-5-7-14(8-6-13)17(2)3/h4-8,10-11,15H,1,9H2,2-3H3. The van der Waals surface area contributed by atoms with E-state index in [2.05, 4.69) is 46.2 Å². The molecule has 1 aromatic carbocycles. The van der Waals surface area contributed by atoms with E-state index in [4.69, 9.17) is 0 Å². The molecule has 1 aromatic heterocycles. The fourth-order valence-corrected chi connectivity index (χ4v) is 1.65. The van der Waals surface area contributed by atoms with Crippen LogP contribution in [0, 0.1) is 0 Å². The van der Waals surface area contributed by atoms with Gasteiger partial charge in [0, 0.05) is 50.0 Å². The van der Waals surface area contributed by atoms with Gasteiger partial charge in [-0.2, -0.15) is 5.10 Å². The number of aromatic nitrogens is 2. The Morgan fingerprint density at radius 3 is 2.61 bits per heavy atom. The van der Waals surface area contributed by atoms with Gasteiger partial charge in [0.1, 0.15) is 0 Å². The van der Waals surface area contributed by atoms with Crippen LogP contribution in [0.5, 0.6) is 0 Å². The molecule has 1 N–H and O–H groups in total. The summed E-state index contributed by atoms with van der Waals surface area (Å²) < 4.78 is 1.70. The average Bonchev–Trinajstić information content (AvgIpc) is 2.85. The molecule has 0 aliphatic rings. The molecule has 1 heterocycles. The fraction of sp³-hybridized carbons (Fsp3) is 0.214. The summed E-state index contributed by atoms with van der Waals surface area (Å²) in [4.78, 5) is 2.08. The quantitative estimate of drug-likeness (QED) is 0.875. The first-order valence-corrected chi connectivity index (χ1v) is 5.86. The van der Waals surface area contributed by atoms with E-state index >= 15 is 0 Å². The van der Waals surface area contributed by atoms with Crippen LogP contribution in [0.25, 0.3) is 6.20 Å². The zero-order valence-corrected chi connectivity index (χ0v) is 10.8. The lowest BCUT2D eigenvalue weighted by atomic mass is 10.2. The van der Waals surface area contributed by atoms with Gasteiger partial charge in [0.05, 0.1) is 6.20 Å².